The van der Waals surface area contributed by atoms with E-state index >= 15 is 0 Å². The van der Waals surface area contributed by atoms with Gasteiger partial charge in [0.1, 0.15) is 11.6 Å². The molecule has 9 nitrogen and oxygen atoms in total. The predicted molar refractivity (Wildman–Crippen MR) is 133 cm³/mol. The fourth-order valence-corrected chi connectivity index (χ4v) is 4.24. The van der Waals surface area contributed by atoms with Gasteiger partial charge in [-0.3, -0.25) is 9.69 Å². The Hall–Kier alpha value is -3.30. The summed E-state index contributed by atoms with van der Waals surface area (Å²) in [6.07, 6.45) is 0. The molecule has 3 aromatic rings. The quantitative estimate of drug-likeness (QED) is 0.601. The highest BCUT2D eigenvalue weighted by atomic mass is 35.5. The van der Waals surface area contributed by atoms with Crippen LogP contribution in [0, 0.1) is 0 Å². The summed E-state index contributed by atoms with van der Waals surface area (Å²) in [6, 6.07) is 10.6. The first-order valence-electron chi connectivity index (χ1n) is 11.1. The van der Waals surface area contributed by atoms with Gasteiger partial charge in [0.2, 0.25) is 0 Å². The number of aromatic nitrogens is 2. The molecule has 1 aliphatic heterocycles. The zero-order valence-corrected chi connectivity index (χ0v) is 20.6. The maximum atomic E-state index is 12.8. The lowest BCUT2D eigenvalue weighted by molar-refractivity contribution is 0.0827. The summed E-state index contributed by atoms with van der Waals surface area (Å²) in [5, 5.41) is 3.43. The van der Waals surface area contributed by atoms with E-state index in [-0.39, 0.29) is 11.9 Å². The molecule has 0 aliphatic carbocycles. The van der Waals surface area contributed by atoms with Gasteiger partial charge >= 0.3 is 6.03 Å². The average Bonchev–Trinajstić information content (AvgIpc) is 3.13. The Morgan fingerprint density at radius 2 is 1.85 bits per heavy atom. The average molecular weight is 485 g/mol. The zero-order valence-electron chi connectivity index (χ0n) is 19.8. The number of anilines is 1. The van der Waals surface area contributed by atoms with E-state index in [9.17, 15) is 9.59 Å². The highest BCUT2D eigenvalue weighted by Crippen LogP contribution is 2.28. The molecule has 34 heavy (non-hydrogen) atoms. The van der Waals surface area contributed by atoms with E-state index in [0.717, 1.165) is 29.9 Å². The van der Waals surface area contributed by atoms with Crippen molar-refractivity contribution in [2.24, 2.45) is 7.05 Å². The second-order valence-corrected chi connectivity index (χ2v) is 8.96. The maximum absolute atomic E-state index is 12.8. The minimum absolute atomic E-state index is 0.0427. The molecule has 0 saturated carbocycles. The van der Waals surface area contributed by atoms with Crippen LogP contribution in [-0.4, -0.2) is 83.6 Å². The van der Waals surface area contributed by atoms with Crippen molar-refractivity contribution in [2.75, 3.05) is 52.7 Å². The normalized spacial score (nSPS) is 14.3. The third kappa shape index (κ3) is 4.95. The molecular weight excluding hydrogens is 456 g/mol. The van der Waals surface area contributed by atoms with E-state index in [1.54, 1.807) is 49.2 Å². The van der Waals surface area contributed by atoms with Crippen molar-refractivity contribution in [3.05, 3.63) is 52.8 Å². The summed E-state index contributed by atoms with van der Waals surface area (Å²) in [4.78, 5) is 35.4. The van der Waals surface area contributed by atoms with Gasteiger partial charge in [-0.25, -0.2) is 9.78 Å². The molecule has 10 heteroatoms. The third-order valence-electron chi connectivity index (χ3n) is 6.05. The molecule has 1 aromatic heterocycles. The van der Waals surface area contributed by atoms with Crippen LogP contribution in [0.15, 0.2) is 36.4 Å². The molecule has 3 amide bonds. The molecule has 0 bridgehead atoms. The van der Waals surface area contributed by atoms with Crippen molar-refractivity contribution in [3.63, 3.8) is 0 Å². The van der Waals surface area contributed by atoms with Crippen LogP contribution in [0.5, 0.6) is 5.75 Å². The number of nitrogens with zero attached hydrogens (tertiary/aromatic N) is 5. The van der Waals surface area contributed by atoms with Gasteiger partial charge in [0.25, 0.3) is 5.91 Å². The van der Waals surface area contributed by atoms with Gasteiger partial charge in [-0.15, -0.1) is 0 Å². The van der Waals surface area contributed by atoms with E-state index < -0.39 is 0 Å². The van der Waals surface area contributed by atoms with Gasteiger partial charge in [0.15, 0.2) is 0 Å². The van der Waals surface area contributed by atoms with Crippen LogP contribution < -0.4 is 10.1 Å². The zero-order chi connectivity index (χ0) is 24.4. The van der Waals surface area contributed by atoms with Crippen LogP contribution in [0.25, 0.3) is 11.0 Å². The number of benzene rings is 2. The van der Waals surface area contributed by atoms with Crippen molar-refractivity contribution >= 4 is 40.3 Å². The molecule has 0 spiro atoms. The minimum atomic E-state index is -0.180. The number of halogens is 1. The molecule has 1 fully saturated rings. The number of aryl methyl sites for hydroxylation is 1. The number of nitrogens with one attached hydrogen (secondary N) is 1. The molecular formula is C24H29ClN6O3. The van der Waals surface area contributed by atoms with Crippen molar-refractivity contribution in [1.82, 2.24) is 24.3 Å². The molecule has 0 unspecified atom stereocenters. The van der Waals surface area contributed by atoms with Crippen LogP contribution >= 0.6 is 11.6 Å². The summed E-state index contributed by atoms with van der Waals surface area (Å²) in [7, 11) is 7.02. The van der Waals surface area contributed by atoms with Gasteiger partial charge in [-0.2, -0.15) is 0 Å². The Morgan fingerprint density at radius 3 is 2.53 bits per heavy atom. The number of urea groups is 1. The number of ether oxygens (including phenoxy) is 1. The molecule has 1 aliphatic rings. The number of piperazine rings is 1. The number of fused-ring (bicyclic) bond motifs is 1. The molecule has 4 rings (SSSR count). The standard InChI is InChI=1S/C24H29ClN6O3/c1-28(2)23(32)16-5-7-20-18(13-16)26-22(29(20)3)15-30-9-11-31(12-10-30)24(33)27-19-14-17(25)6-8-21(19)34-4/h5-8,13-14H,9-12,15H2,1-4H3,(H,27,33). The Labute approximate surface area is 203 Å². The van der Waals surface area contributed by atoms with Gasteiger partial charge in [0.05, 0.1) is 30.4 Å². The van der Waals surface area contributed by atoms with Crippen LogP contribution in [0.1, 0.15) is 16.2 Å². The topological polar surface area (TPSA) is 82.9 Å². The van der Waals surface area contributed by atoms with Gasteiger partial charge < -0.3 is 24.4 Å². The lowest BCUT2D eigenvalue weighted by Crippen LogP contribution is -2.49. The van der Waals surface area contributed by atoms with Crippen LogP contribution in [0.2, 0.25) is 5.02 Å². The first kappa shape index (κ1) is 23.8. The molecule has 0 atom stereocenters. The van der Waals surface area contributed by atoms with E-state index in [1.807, 2.05) is 25.2 Å². The highest BCUT2D eigenvalue weighted by Gasteiger charge is 2.23. The third-order valence-corrected chi connectivity index (χ3v) is 6.29. The fraction of sp³-hybridized carbons (Fsp3) is 0.375. The highest BCUT2D eigenvalue weighted by molar-refractivity contribution is 6.31. The first-order chi connectivity index (χ1) is 16.3. The molecule has 2 aromatic carbocycles. The summed E-state index contributed by atoms with van der Waals surface area (Å²) >= 11 is 6.07. The molecule has 0 radical (unpaired) electrons. The van der Waals surface area contributed by atoms with Crippen LogP contribution in [0.3, 0.4) is 0 Å². The van der Waals surface area contributed by atoms with Gasteiger partial charge in [0, 0.05) is 57.9 Å². The summed E-state index contributed by atoms with van der Waals surface area (Å²) in [6.45, 7) is 3.32. The summed E-state index contributed by atoms with van der Waals surface area (Å²) in [5.41, 5.74) is 2.96. The summed E-state index contributed by atoms with van der Waals surface area (Å²) < 4.78 is 7.37. The fourth-order valence-electron chi connectivity index (χ4n) is 4.06. The Morgan fingerprint density at radius 1 is 1.12 bits per heavy atom. The van der Waals surface area contributed by atoms with E-state index in [2.05, 4.69) is 14.8 Å². The van der Waals surface area contributed by atoms with Crippen LogP contribution in [-0.2, 0) is 13.6 Å². The lowest BCUT2D eigenvalue weighted by Gasteiger charge is -2.34. The van der Waals surface area contributed by atoms with Crippen molar-refractivity contribution in [1.29, 1.82) is 0 Å². The van der Waals surface area contributed by atoms with Crippen molar-refractivity contribution < 1.29 is 14.3 Å². The number of imidazole rings is 1. The smallest absolute Gasteiger partial charge is 0.322 e. The number of carbonyl (C=O) groups is 2. The number of hydrogen-bond acceptors (Lipinski definition) is 5. The van der Waals surface area contributed by atoms with Crippen LogP contribution in [0.4, 0.5) is 10.5 Å². The van der Waals surface area contributed by atoms with Gasteiger partial charge in [-0.1, -0.05) is 11.6 Å². The Kier molecular flexibility index (Phi) is 6.95. The predicted octanol–water partition coefficient (Wildman–Crippen LogP) is 3.29. The molecule has 1 N–H and O–H groups in total. The van der Waals surface area contributed by atoms with E-state index in [0.29, 0.717) is 41.7 Å². The summed E-state index contributed by atoms with van der Waals surface area (Å²) in [5.74, 6) is 1.44. The minimum Gasteiger partial charge on any atom is -0.495 e. The monoisotopic (exact) mass is 484 g/mol. The lowest BCUT2D eigenvalue weighted by atomic mass is 10.2. The maximum Gasteiger partial charge on any atom is 0.322 e. The Balaban J connectivity index is 1.38. The number of hydrogen-bond donors (Lipinski definition) is 1. The van der Waals surface area contributed by atoms with Crippen molar-refractivity contribution in [2.45, 2.75) is 6.54 Å². The number of methoxy groups -OCH3 is 1. The number of rotatable bonds is 5. The molecule has 180 valence electrons. The van der Waals surface area contributed by atoms with E-state index in [4.69, 9.17) is 21.3 Å². The van der Waals surface area contributed by atoms with Crippen molar-refractivity contribution in [3.8, 4) is 5.75 Å². The number of amides is 3. The number of carbonyl (C=O) groups excluding carboxylic acids is 2. The second kappa shape index (κ2) is 9.90. The molecule has 2 heterocycles. The Bertz CT molecular complexity index is 1220. The largest absolute Gasteiger partial charge is 0.495 e. The first-order valence-corrected chi connectivity index (χ1v) is 11.4. The SMILES string of the molecule is COc1ccc(Cl)cc1NC(=O)N1CCN(Cc2nc3cc(C(=O)N(C)C)ccc3n2C)CC1. The van der Waals surface area contributed by atoms with E-state index in [1.165, 1.54) is 0 Å². The second-order valence-electron chi connectivity index (χ2n) is 8.53. The molecule has 1 saturated heterocycles. The van der Waals surface area contributed by atoms with Gasteiger partial charge in [-0.05, 0) is 36.4 Å².